The number of para-hydroxylation sites is 1. The fraction of sp³-hybridized carbons (Fsp3) is 0.0909. The van der Waals surface area contributed by atoms with Gasteiger partial charge in [0.2, 0.25) is 0 Å². The van der Waals surface area contributed by atoms with Crippen LogP contribution >= 0.6 is 20.0 Å². The smallest absolute Gasteiger partial charge is 0.408 e. The van der Waals surface area contributed by atoms with E-state index in [1.165, 1.54) is 36.4 Å². The molecular weight excluding hydrogens is 453 g/mol. The molecule has 3 aromatic carbocycles. The van der Waals surface area contributed by atoms with Gasteiger partial charge in [0, 0.05) is 5.56 Å². The van der Waals surface area contributed by atoms with Crippen LogP contribution in [0.4, 0.5) is 4.79 Å². The van der Waals surface area contributed by atoms with Crippen LogP contribution < -0.4 is 15.6 Å². The van der Waals surface area contributed by atoms with Crippen LogP contribution in [0.3, 0.4) is 0 Å². The summed E-state index contributed by atoms with van der Waals surface area (Å²) < 4.78 is 23.6. The first kappa shape index (κ1) is 24.9. The van der Waals surface area contributed by atoms with Crippen molar-refractivity contribution in [2.45, 2.75) is 12.4 Å². The molecule has 0 aliphatic carbocycles. The number of halogens is 1. The molecule has 0 saturated heterocycles. The Morgan fingerprint density at radius 3 is 2.12 bits per heavy atom. The number of hydrogen-bond acceptors (Lipinski definition) is 5. The molecule has 0 aliphatic heterocycles. The third-order valence-electron chi connectivity index (χ3n) is 4.31. The highest BCUT2D eigenvalue weighted by atomic mass is 35.5. The molecule has 0 saturated carbocycles. The molecule has 3 rings (SSSR count). The van der Waals surface area contributed by atoms with Crippen molar-refractivity contribution in [2.75, 3.05) is 0 Å². The van der Waals surface area contributed by atoms with Gasteiger partial charge >= 0.3 is 13.7 Å². The van der Waals surface area contributed by atoms with Gasteiger partial charge in [0.1, 0.15) is 18.2 Å². The van der Waals surface area contributed by atoms with Gasteiger partial charge in [-0.05, 0) is 23.3 Å². The number of ether oxygens (including phenoxy) is 1. The summed E-state index contributed by atoms with van der Waals surface area (Å²) in [5.74, 6) is -1.37. The van der Waals surface area contributed by atoms with Crippen molar-refractivity contribution in [3.8, 4) is 5.75 Å². The predicted molar refractivity (Wildman–Crippen MR) is 124 cm³/mol. The fourth-order valence-electron chi connectivity index (χ4n) is 2.76. The quantitative estimate of drug-likeness (QED) is 0.214. The average molecular weight is 476 g/mol. The van der Waals surface area contributed by atoms with E-state index >= 15 is 0 Å². The first-order chi connectivity index (χ1) is 14.8. The minimum atomic E-state index is -4.43. The van der Waals surface area contributed by atoms with Crippen molar-refractivity contribution in [3.05, 3.63) is 102 Å². The molecule has 5 N–H and O–H groups in total. The summed E-state index contributed by atoms with van der Waals surface area (Å²) >= 11 is 0. The number of nitrogens with one attached hydrogen (secondary N) is 2. The Kier molecular flexibility index (Phi) is 8.84. The third-order valence-corrected chi connectivity index (χ3v) is 5.86. The van der Waals surface area contributed by atoms with Gasteiger partial charge in [-0.25, -0.2) is 9.36 Å². The van der Waals surface area contributed by atoms with E-state index in [0.29, 0.717) is 11.1 Å². The van der Waals surface area contributed by atoms with Gasteiger partial charge in [0.05, 0.1) is 0 Å². The molecule has 2 unspecified atom stereocenters. The number of nitrogens with two attached hydrogens (primary N) is 1. The van der Waals surface area contributed by atoms with Crippen molar-refractivity contribution >= 4 is 31.9 Å². The number of carbonyl (C=O) groups is 1. The predicted octanol–water partition coefficient (Wildman–Crippen LogP) is 4.58. The highest BCUT2D eigenvalue weighted by Crippen LogP contribution is 2.54. The van der Waals surface area contributed by atoms with Gasteiger partial charge in [-0.2, -0.15) is 0 Å². The van der Waals surface area contributed by atoms with Crippen molar-refractivity contribution < 1.29 is 23.5 Å². The van der Waals surface area contributed by atoms with E-state index in [1.807, 2.05) is 18.2 Å². The molecule has 32 heavy (non-hydrogen) atoms. The van der Waals surface area contributed by atoms with Crippen LogP contribution in [0.1, 0.15) is 22.5 Å². The molecule has 0 bridgehead atoms. The van der Waals surface area contributed by atoms with E-state index < -0.39 is 19.5 Å². The number of amidine groups is 1. The lowest BCUT2D eigenvalue weighted by Crippen LogP contribution is -2.30. The van der Waals surface area contributed by atoms with Crippen molar-refractivity contribution in [1.29, 1.82) is 5.41 Å². The molecule has 10 heteroatoms. The topological polar surface area (TPSA) is 135 Å². The summed E-state index contributed by atoms with van der Waals surface area (Å²) in [5.41, 5.74) is 6.97. The van der Waals surface area contributed by atoms with Gasteiger partial charge in [-0.15, -0.1) is 12.4 Å². The van der Waals surface area contributed by atoms with Crippen molar-refractivity contribution in [2.24, 2.45) is 5.73 Å². The van der Waals surface area contributed by atoms with Gasteiger partial charge in [0.15, 0.2) is 5.78 Å². The molecule has 8 nitrogen and oxygen atoms in total. The number of rotatable bonds is 8. The van der Waals surface area contributed by atoms with Crippen LogP contribution in [0, 0.1) is 5.41 Å². The zero-order chi connectivity index (χ0) is 22.3. The summed E-state index contributed by atoms with van der Waals surface area (Å²) in [6, 6.07) is 23.2. The maximum absolute atomic E-state index is 13.1. The van der Waals surface area contributed by atoms with Gasteiger partial charge < -0.3 is 25.2 Å². The molecular formula is C22H23ClN3O5P. The van der Waals surface area contributed by atoms with Crippen LogP contribution in [0.15, 0.2) is 84.9 Å². The Bertz CT molecular complexity index is 1080. The van der Waals surface area contributed by atoms with Gasteiger partial charge in [0.25, 0.3) is 0 Å². The molecule has 168 valence electrons. The van der Waals surface area contributed by atoms with Gasteiger partial charge in [-0.3, -0.25) is 5.41 Å². The largest absolute Gasteiger partial charge is 0.445 e. The lowest BCUT2D eigenvalue weighted by molar-refractivity contribution is 0.137. The zero-order valence-corrected chi connectivity index (χ0v) is 18.6. The minimum absolute atomic E-state index is 0. The number of carbonyl (C=O) groups excluding carboxylic acids is 1. The Labute approximate surface area is 191 Å². The summed E-state index contributed by atoms with van der Waals surface area (Å²) in [5, 5.41) is 9.92. The van der Waals surface area contributed by atoms with Crippen molar-refractivity contribution in [1.82, 2.24) is 5.32 Å². The Morgan fingerprint density at radius 2 is 1.56 bits per heavy atom. The molecule has 0 aromatic heterocycles. The summed E-state index contributed by atoms with van der Waals surface area (Å²) in [4.78, 5) is 23.1. The van der Waals surface area contributed by atoms with Crippen molar-refractivity contribution in [3.63, 3.8) is 0 Å². The van der Waals surface area contributed by atoms with E-state index in [9.17, 15) is 14.3 Å². The maximum Gasteiger partial charge on any atom is 0.408 e. The molecule has 3 aromatic rings. The second-order valence-corrected chi connectivity index (χ2v) is 8.44. The fourth-order valence-corrected chi connectivity index (χ4v) is 4.11. The molecule has 1 amide bonds. The Hall–Kier alpha value is -3.32. The SMILES string of the molecule is Cl.N=C(N)c1ccc(C(NC(=O)OCc2ccccc2)P(=O)(O)Oc2ccccc2)cc1. The van der Waals surface area contributed by atoms with E-state index in [-0.39, 0.29) is 30.6 Å². The number of amides is 1. The molecule has 0 fully saturated rings. The highest BCUT2D eigenvalue weighted by molar-refractivity contribution is 7.53. The van der Waals surface area contributed by atoms with Gasteiger partial charge in [-0.1, -0.05) is 72.8 Å². The van der Waals surface area contributed by atoms with Crippen LogP contribution in [0.5, 0.6) is 5.75 Å². The van der Waals surface area contributed by atoms with Crippen LogP contribution in [-0.2, 0) is 15.9 Å². The number of alkyl carbamates (subject to hydrolysis) is 1. The third kappa shape index (κ3) is 6.85. The van der Waals surface area contributed by atoms with E-state index in [4.69, 9.17) is 20.4 Å². The maximum atomic E-state index is 13.1. The average Bonchev–Trinajstić information content (AvgIpc) is 2.77. The highest BCUT2D eigenvalue weighted by Gasteiger charge is 2.37. The summed E-state index contributed by atoms with van der Waals surface area (Å²) in [6.07, 6.45) is -0.879. The number of hydrogen-bond donors (Lipinski definition) is 4. The monoisotopic (exact) mass is 475 g/mol. The standard InChI is InChI=1S/C22H22N3O5P.ClH/c23-20(24)17-11-13-18(14-12-17)21(31(27,28)30-19-9-5-2-6-10-19)25-22(26)29-15-16-7-3-1-4-8-16;/h1-14,21H,15H2,(H3,23,24)(H,25,26)(H,27,28);1H. The second-order valence-electron chi connectivity index (χ2n) is 6.61. The van der Waals surface area contributed by atoms with E-state index in [2.05, 4.69) is 5.32 Å². The molecule has 0 heterocycles. The van der Waals surface area contributed by atoms with Crippen LogP contribution in [0.2, 0.25) is 0 Å². The van der Waals surface area contributed by atoms with E-state index in [0.717, 1.165) is 5.56 Å². The zero-order valence-electron chi connectivity index (χ0n) is 16.9. The van der Waals surface area contributed by atoms with Crippen LogP contribution in [-0.4, -0.2) is 16.8 Å². The summed E-state index contributed by atoms with van der Waals surface area (Å²) in [7, 11) is -4.43. The summed E-state index contributed by atoms with van der Waals surface area (Å²) in [6.45, 7) is -0.00204. The minimum Gasteiger partial charge on any atom is -0.445 e. The lowest BCUT2D eigenvalue weighted by Gasteiger charge is -2.24. The normalized spacial score (nSPS) is 13.0. The first-order valence-corrected chi connectivity index (χ1v) is 11.0. The van der Waals surface area contributed by atoms with Crippen LogP contribution in [0.25, 0.3) is 0 Å². The first-order valence-electron chi connectivity index (χ1n) is 9.34. The number of nitrogen functional groups attached to an aromatic ring is 1. The molecule has 0 aliphatic rings. The number of benzene rings is 3. The molecule has 0 radical (unpaired) electrons. The lowest BCUT2D eigenvalue weighted by atomic mass is 10.1. The molecule has 2 atom stereocenters. The Morgan fingerprint density at radius 1 is 1.00 bits per heavy atom. The van der Waals surface area contributed by atoms with E-state index in [1.54, 1.807) is 30.3 Å². The Balaban J connectivity index is 0.00000363. The second kappa shape index (κ2) is 11.3. The molecule has 0 spiro atoms.